The van der Waals surface area contributed by atoms with Gasteiger partial charge in [-0.05, 0) is 55.0 Å². The van der Waals surface area contributed by atoms with Crippen LogP contribution in [0.4, 0.5) is 5.69 Å². The SMILES string of the molecule is CCC(C)NC(=O)c1cccc2c1NC(c1ccc(OC)c(OC)c1)C1CC=CC21. The standard InChI is InChI=1S/C25H30N2O3/c1-5-15(2)26-25(28)20-11-7-10-19-17-8-6-9-18(17)23(27-24(19)20)16-12-13-21(29-3)22(14-16)30-4/h6-8,10-15,17-18,23,27H,5,9H2,1-4H3,(H,26,28). The summed E-state index contributed by atoms with van der Waals surface area (Å²) in [6.07, 6.45) is 6.44. The van der Waals surface area contributed by atoms with Gasteiger partial charge in [0.15, 0.2) is 11.5 Å². The maximum Gasteiger partial charge on any atom is 0.253 e. The number of nitrogens with one attached hydrogen (secondary N) is 2. The van der Waals surface area contributed by atoms with Gasteiger partial charge in [0, 0.05) is 12.0 Å². The average molecular weight is 407 g/mol. The van der Waals surface area contributed by atoms with Crippen LogP contribution in [-0.4, -0.2) is 26.2 Å². The van der Waals surface area contributed by atoms with Crippen LogP contribution < -0.4 is 20.1 Å². The van der Waals surface area contributed by atoms with Crippen molar-refractivity contribution in [3.05, 3.63) is 65.2 Å². The zero-order valence-corrected chi connectivity index (χ0v) is 18.1. The highest BCUT2D eigenvalue weighted by Gasteiger charge is 2.39. The number of hydrogen-bond donors (Lipinski definition) is 2. The molecule has 0 spiro atoms. The molecular weight excluding hydrogens is 376 g/mol. The molecule has 30 heavy (non-hydrogen) atoms. The Hall–Kier alpha value is -2.95. The van der Waals surface area contributed by atoms with E-state index in [1.54, 1.807) is 14.2 Å². The lowest BCUT2D eigenvalue weighted by Crippen LogP contribution is -2.35. The fourth-order valence-electron chi connectivity index (χ4n) is 4.59. The van der Waals surface area contributed by atoms with Gasteiger partial charge < -0.3 is 20.1 Å². The van der Waals surface area contributed by atoms with Crippen molar-refractivity contribution < 1.29 is 14.3 Å². The maximum atomic E-state index is 13.0. The number of ether oxygens (including phenoxy) is 2. The molecule has 0 fully saturated rings. The third-order valence-corrected chi connectivity index (χ3v) is 6.40. The minimum atomic E-state index is -0.0276. The molecule has 0 radical (unpaired) electrons. The first-order valence-corrected chi connectivity index (χ1v) is 10.7. The molecule has 0 saturated carbocycles. The summed E-state index contributed by atoms with van der Waals surface area (Å²) in [4.78, 5) is 13.0. The number of fused-ring (bicyclic) bond motifs is 3. The average Bonchev–Trinajstić information content (AvgIpc) is 3.27. The third kappa shape index (κ3) is 3.53. The molecule has 1 amide bonds. The van der Waals surface area contributed by atoms with E-state index < -0.39 is 0 Å². The van der Waals surface area contributed by atoms with Crippen molar-refractivity contribution in [1.29, 1.82) is 0 Å². The number of rotatable bonds is 6. The predicted octanol–water partition coefficient (Wildman–Crippen LogP) is 5.06. The molecule has 2 N–H and O–H groups in total. The van der Waals surface area contributed by atoms with E-state index in [0.29, 0.717) is 23.0 Å². The molecule has 2 aromatic carbocycles. The number of amides is 1. The third-order valence-electron chi connectivity index (χ3n) is 6.40. The van der Waals surface area contributed by atoms with Gasteiger partial charge in [0.05, 0.1) is 31.5 Å². The van der Waals surface area contributed by atoms with Crippen molar-refractivity contribution in [2.45, 2.75) is 44.7 Å². The number of para-hydroxylation sites is 1. The highest BCUT2D eigenvalue weighted by molar-refractivity contribution is 6.01. The van der Waals surface area contributed by atoms with Crippen molar-refractivity contribution in [2.24, 2.45) is 5.92 Å². The molecule has 0 saturated heterocycles. The van der Waals surface area contributed by atoms with E-state index in [4.69, 9.17) is 9.47 Å². The van der Waals surface area contributed by atoms with Crippen LogP contribution >= 0.6 is 0 Å². The summed E-state index contributed by atoms with van der Waals surface area (Å²) in [5.74, 6) is 2.08. The smallest absolute Gasteiger partial charge is 0.253 e. The van der Waals surface area contributed by atoms with Crippen molar-refractivity contribution in [1.82, 2.24) is 5.32 Å². The summed E-state index contributed by atoms with van der Waals surface area (Å²) in [6, 6.07) is 12.3. The number of carbonyl (C=O) groups excluding carboxylic acids is 1. The van der Waals surface area contributed by atoms with E-state index in [9.17, 15) is 4.79 Å². The summed E-state index contributed by atoms with van der Waals surface area (Å²) >= 11 is 0. The number of carbonyl (C=O) groups is 1. The van der Waals surface area contributed by atoms with Crippen LogP contribution in [0.2, 0.25) is 0 Å². The lowest BCUT2D eigenvalue weighted by Gasteiger charge is -2.38. The van der Waals surface area contributed by atoms with Crippen molar-refractivity contribution >= 4 is 11.6 Å². The second-order valence-electron chi connectivity index (χ2n) is 8.14. The van der Waals surface area contributed by atoms with E-state index in [-0.39, 0.29) is 23.9 Å². The van der Waals surface area contributed by atoms with Gasteiger partial charge in [0.2, 0.25) is 0 Å². The Morgan fingerprint density at radius 3 is 2.73 bits per heavy atom. The molecule has 5 nitrogen and oxygen atoms in total. The molecule has 2 aromatic rings. The molecule has 0 bridgehead atoms. The molecule has 5 heteroatoms. The Morgan fingerprint density at radius 2 is 2.00 bits per heavy atom. The number of methoxy groups -OCH3 is 2. The first-order valence-electron chi connectivity index (χ1n) is 10.7. The Morgan fingerprint density at radius 1 is 1.20 bits per heavy atom. The van der Waals surface area contributed by atoms with Crippen LogP contribution in [0, 0.1) is 5.92 Å². The molecule has 2 aliphatic rings. The Kier molecular flexibility index (Phi) is 5.71. The van der Waals surface area contributed by atoms with Gasteiger partial charge in [0.1, 0.15) is 0 Å². The topological polar surface area (TPSA) is 59.6 Å². The molecule has 4 unspecified atom stereocenters. The molecule has 1 aliphatic carbocycles. The second-order valence-corrected chi connectivity index (χ2v) is 8.14. The fraction of sp³-hybridized carbons (Fsp3) is 0.400. The van der Waals surface area contributed by atoms with Gasteiger partial charge in [-0.3, -0.25) is 4.79 Å². The first-order chi connectivity index (χ1) is 14.6. The van der Waals surface area contributed by atoms with Crippen LogP contribution in [0.3, 0.4) is 0 Å². The first kappa shape index (κ1) is 20.3. The molecule has 4 atom stereocenters. The number of benzene rings is 2. The summed E-state index contributed by atoms with van der Waals surface area (Å²) in [7, 11) is 3.30. The van der Waals surface area contributed by atoms with Gasteiger partial charge in [0.25, 0.3) is 5.91 Å². The van der Waals surface area contributed by atoms with E-state index in [1.165, 1.54) is 5.56 Å². The van der Waals surface area contributed by atoms with E-state index in [1.807, 2.05) is 31.2 Å². The molecule has 0 aromatic heterocycles. The highest BCUT2D eigenvalue weighted by atomic mass is 16.5. The van der Waals surface area contributed by atoms with Crippen LogP contribution in [0.15, 0.2) is 48.6 Å². The number of hydrogen-bond acceptors (Lipinski definition) is 4. The van der Waals surface area contributed by atoms with Crippen LogP contribution in [0.5, 0.6) is 11.5 Å². The van der Waals surface area contributed by atoms with E-state index >= 15 is 0 Å². The van der Waals surface area contributed by atoms with Gasteiger partial charge in [-0.1, -0.05) is 37.3 Å². The molecule has 1 aliphatic heterocycles. The van der Waals surface area contributed by atoms with Crippen LogP contribution in [-0.2, 0) is 0 Å². The van der Waals surface area contributed by atoms with Crippen molar-refractivity contribution in [3.63, 3.8) is 0 Å². The molecular formula is C25H30N2O3. The maximum absolute atomic E-state index is 13.0. The lowest BCUT2D eigenvalue weighted by atomic mass is 9.76. The summed E-state index contributed by atoms with van der Waals surface area (Å²) in [5.41, 5.74) is 3.97. The van der Waals surface area contributed by atoms with Crippen LogP contribution in [0.1, 0.15) is 60.1 Å². The molecule has 1 heterocycles. The predicted molar refractivity (Wildman–Crippen MR) is 120 cm³/mol. The van der Waals surface area contributed by atoms with Gasteiger partial charge in [-0.15, -0.1) is 0 Å². The zero-order valence-electron chi connectivity index (χ0n) is 18.1. The second kappa shape index (κ2) is 8.42. The largest absolute Gasteiger partial charge is 0.493 e. The Labute approximate surface area is 178 Å². The number of allylic oxidation sites excluding steroid dienone is 2. The summed E-state index contributed by atoms with van der Waals surface area (Å²) in [5, 5.41) is 6.83. The Bertz CT molecular complexity index is 969. The van der Waals surface area contributed by atoms with E-state index in [2.05, 4.69) is 41.8 Å². The van der Waals surface area contributed by atoms with Gasteiger partial charge in [-0.2, -0.15) is 0 Å². The monoisotopic (exact) mass is 406 g/mol. The minimum absolute atomic E-state index is 0.0276. The van der Waals surface area contributed by atoms with Crippen LogP contribution in [0.25, 0.3) is 0 Å². The summed E-state index contributed by atoms with van der Waals surface area (Å²) in [6.45, 7) is 4.10. The normalized spacial score (nSPS) is 22.5. The molecule has 158 valence electrons. The van der Waals surface area contributed by atoms with Gasteiger partial charge in [-0.25, -0.2) is 0 Å². The van der Waals surface area contributed by atoms with E-state index in [0.717, 1.165) is 24.1 Å². The number of anilines is 1. The van der Waals surface area contributed by atoms with Crippen molar-refractivity contribution in [2.75, 3.05) is 19.5 Å². The lowest BCUT2D eigenvalue weighted by molar-refractivity contribution is 0.0939. The summed E-state index contributed by atoms with van der Waals surface area (Å²) < 4.78 is 10.9. The van der Waals surface area contributed by atoms with Crippen molar-refractivity contribution in [3.8, 4) is 11.5 Å². The highest BCUT2D eigenvalue weighted by Crippen LogP contribution is 2.51. The Balaban J connectivity index is 1.75. The zero-order chi connectivity index (χ0) is 21.3. The fourth-order valence-corrected chi connectivity index (χ4v) is 4.59. The minimum Gasteiger partial charge on any atom is -0.493 e. The quantitative estimate of drug-likeness (QED) is 0.659. The van der Waals surface area contributed by atoms with Gasteiger partial charge >= 0.3 is 0 Å². The molecule has 4 rings (SSSR count).